The third-order valence-corrected chi connectivity index (χ3v) is 3.71. The first-order valence-electron chi connectivity index (χ1n) is 7.20. The summed E-state index contributed by atoms with van der Waals surface area (Å²) in [5.41, 5.74) is 3.65. The second-order valence-electron chi connectivity index (χ2n) is 5.48. The van der Waals surface area contributed by atoms with E-state index in [2.05, 4.69) is 15.8 Å². The maximum absolute atomic E-state index is 11.9. The molecule has 0 aliphatic heterocycles. The number of benzene rings is 1. The Morgan fingerprint density at radius 3 is 2.57 bits per heavy atom. The zero-order valence-electron chi connectivity index (χ0n) is 12.3. The lowest BCUT2D eigenvalue weighted by Gasteiger charge is -2.07. The minimum Gasteiger partial charge on any atom is -0.381 e. The van der Waals surface area contributed by atoms with Gasteiger partial charge in [0.1, 0.15) is 5.76 Å². The van der Waals surface area contributed by atoms with Crippen LogP contribution >= 0.6 is 0 Å². The third kappa shape index (κ3) is 3.24. The Kier molecular flexibility index (Phi) is 3.64. The van der Waals surface area contributed by atoms with E-state index < -0.39 is 0 Å². The summed E-state index contributed by atoms with van der Waals surface area (Å²) < 4.78 is 5.13. The van der Waals surface area contributed by atoms with Crippen LogP contribution < -0.4 is 10.6 Å². The van der Waals surface area contributed by atoms with Crippen molar-refractivity contribution >= 4 is 11.6 Å². The van der Waals surface area contributed by atoms with Gasteiger partial charge in [0.2, 0.25) is 0 Å². The van der Waals surface area contributed by atoms with Crippen molar-refractivity contribution in [2.24, 2.45) is 0 Å². The van der Waals surface area contributed by atoms with Crippen molar-refractivity contribution < 1.29 is 9.32 Å². The van der Waals surface area contributed by atoms with E-state index in [-0.39, 0.29) is 5.91 Å². The molecular weight excluding hydrogens is 266 g/mol. The number of amides is 1. The molecule has 2 aromatic rings. The van der Waals surface area contributed by atoms with Gasteiger partial charge < -0.3 is 15.2 Å². The summed E-state index contributed by atoms with van der Waals surface area (Å²) in [5, 5.41) is 10.2. The maximum atomic E-state index is 11.9. The molecule has 0 bridgehead atoms. The molecule has 0 atom stereocenters. The van der Waals surface area contributed by atoms with Crippen LogP contribution in [0.3, 0.4) is 0 Å². The number of carbonyl (C=O) groups excluding carboxylic acids is 1. The molecule has 3 rings (SSSR count). The average molecular weight is 285 g/mol. The van der Waals surface area contributed by atoms with Gasteiger partial charge in [0.25, 0.3) is 5.91 Å². The number of nitrogens with one attached hydrogen (secondary N) is 2. The molecule has 1 aromatic heterocycles. The first-order chi connectivity index (χ1) is 10.1. The van der Waals surface area contributed by atoms with Crippen LogP contribution in [0.4, 0.5) is 5.69 Å². The van der Waals surface area contributed by atoms with E-state index in [0.29, 0.717) is 18.2 Å². The van der Waals surface area contributed by atoms with Gasteiger partial charge in [-0.05, 0) is 51.0 Å². The Labute approximate surface area is 123 Å². The predicted octanol–water partition coefficient (Wildman–Crippen LogP) is 2.80. The molecule has 5 heteroatoms. The predicted molar refractivity (Wildman–Crippen MR) is 80.2 cm³/mol. The summed E-state index contributed by atoms with van der Waals surface area (Å²) >= 11 is 0. The highest BCUT2D eigenvalue weighted by Crippen LogP contribution is 2.20. The number of rotatable bonds is 5. The van der Waals surface area contributed by atoms with Crippen LogP contribution in [0.1, 0.15) is 40.2 Å². The Bertz CT molecular complexity index is 623. The van der Waals surface area contributed by atoms with Crippen LogP contribution in [-0.4, -0.2) is 17.1 Å². The molecule has 0 radical (unpaired) electrons. The molecule has 1 aliphatic carbocycles. The summed E-state index contributed by atoms with van der Waals surface area (Å²) in [6.45, 7) is 4.50. The van der Waals surface area contributed by atoms with Gasteiger partial charge in [-0.3, -0.25) is 4.79 Å². The lowest BCUT2D eigenvalue weighted by Crippen LogP contribution is -2.25. The van der Waals surface area contributed by atoms with Gasteiger partial charge in [0.05, 0.1) is 5.69 Å². The number of nitrogens with zero attached hydrogens (tertiary/aromatic N) is 1. The van der Waals surface area contributed by atoms with Crippen LogP contribution in [0.15, 0.2) is 28.8 Å². The van der Waals surface area contributed by atoms with Gasteiger partial charge in [-0.2, -0.15) is 0 Å². The lowest BCUT2D eigenvalue weighted by molar-refractivity contribution is 0.0951. The van der Waals surface area contributed by atoms with Crippen molar-refractivity contribution in [2.75, 3.05) is 5.32 Å². The summed E-state index contributed by atoms with van der Waals surface area (Å²) in [5.74, 6) is 0.843. The molecule has 5 nitrogen and oxygen atoms in total. The zero-order chi connectivity index (χ0) is 14.8. The highest BCUT2D eigenvalue weighted by molar-refractivity contribution is 5.94. The summed E-state index contributed by atoms with van der Waals surface area (Å²) in [6.07, 6.45) is 2.20. The van der Waals surface area contributed by atoms with Crippen molar-refractivity contribution in [1.82, 2.24) is 10.5 Å². The van der Waals surface area contributed by atoms with Crippen LogP contribution in [0, 0.1) is 13.8 Å². The minimum absolute atomic E-state index is 0.00905. The lowest BCUT2D eigenvalue weighted by atomic mass is 10.1. The Balaban J connectivity index is 1.60. The zero-order valence-corrected chi connectivity index (χ0v) is 12.3. The quantitative estimate of drug-likeness (QED) is 0.886. The van der Waals surface area contributed by atoms with Gasteiger partial charge in [-0.15, -0.1) is 0 Å². The van der Waals surface area contributed by atoms with E-state index in [1.165, 1.54) is 0 Å². The minimum atomic E-state index is 0.00905. The maximum Gasteiger partial charge on any atom is 0.251 e. The van der Waals surface area contributed by atoms with Crippen molar-refractivity contribution in [3.8, 4) is 0 Å². The molecule has 0 unspecified atom stereocenters. The molecule has 2 N–H and O–H groups in total. The van der Waals surface area contributed by atoms with Crippen molar-refractivity contribution in [1.29, 1.82) is 0 Å². The van der Waals surface area contributed by atoms with Gasteiger partial charge in [0.15, 0.2) is 0 Å². The van der Waals surface area contributed by atoms with E-state index in [1.807, 2.05) is 38.1 Å². The van der Waals surface area contributed by atoms with Crippen LogP contribution in [0.25, 0.3) is 0 Å². The van der Waals surface area contributed by atoms with Crippen molar-refractivity contribution in [2.45, 2.75) is 39.3 Å². The molecule has 1 aliphatic rings. The smallest absolute Gasteiger partial charge is 0.251 e. The number of carbonyl (C=O) groups is 1. The van der Waals surface area contributed by atoms with E-state index in [1.54, 1.807) is 0 Å². The second kappa shape index (κ2) is 5.60. The molecule has 0 saturated heterocycles. The van der Waals surface area contributed by atoms with Crippen LogP contribution in [-0.2, 0) is 6.54 Å². The van der Waals surface area contributed by atoms with E-state index in [4.69, 9.17) is 4.52 Å². The van der Waals surface area contributed by atoms with E-state index in [0.717, 1.165) is 35.5 Å². The fraction of sp³-hybridized carbons (Fsp3) is 0.375. The highest BCUT2D eigenvalue weighted by atomic mass is 16.5. The molecule has 1 amide bonds. The largest absolute Gasteiger partial charge is 0.381 e. The fourth-order valence-electron chi connectivity index (χ4n) is 2.18. The Morgan fingerprint density at radius 1 is 1.29 bits per heavy atom. The average Bonchev–Trinajstić information content (AvgIpc) is 3.24. The second-order valence-corrected chi connectivity index (χ2v) is 5.48. The van der Waals surface area contributed by atoms with Gasteiger partial charge in [-0.25, -0.2) is 0 Å². The number of hydrogen-bond donors (Lipinski definition) is 2. The molecule has 1 saturated carbocycles. The fourth-order valence-corrected chi connectivity index (χ4v) is 2.18. The van der Waals surface area contributed by atoms with Crippen molar-refractivity contribution in [3.63, 3.8) is 0 Å². The monoisotopic (exact) mass is 285 g/mol. The molecule has 1 heterocycles. The van der Waals surface area contributed by atoms with E-state index in [9.17, 15) is 4.79 Å². The molecule has 0 spiro atoms. The van der Waals surface area contributed by atoms with Crippen LogP contribution in [0.5, 0.6) is 0 Å². The normalized spacial score (nSPS) is 14.0. The molecule has 1 aromatic carbocycles. The Hall–Kier alpha value is -2.30. The molecule has 1 fully saturated rings. The number of aryl methyl sites for hydroxylation is 2. The Morgan fingerprint density at radius 2 is 2.00 bits per heavy atom. The molecule has 21 heavy (non-hydrogen) atoms. The topological polar surface area (TPSA) is 67.2 Å². The van der Waals surface area contributed by atoms with Gasteiger partial charge in [-0.1, -0.05) is 5.16 Å². The highest BCUT2D eigenvalue weighted by Gasteiger charge is 2.23. The van der Waals surface area contributed by atoms with Crippen molar-refractivity contribution in [3.05, 3.63) is 46.8 Å². The standard InChI is InChI=1S/C16H19N3O2/c1-10-15(11(2)21-19-10)9-17-13-5-3-12(4-6-13)16(20)18-14-7-8-14/h3-6,14,17H,7-9H2,1-2H3,(H,18,20). The summed E-state index contributed by atoms with van der Waals surface area (Å²) in [4.78, 5) is 11.9. The third-order valence-electron chi connectivity index (χ3n) is 3.71. The number of aromatic nitrogens is 1. The summed E-state index contributed by atoms with van der Waals surface area (Å²) in [6, 6.07) is 7.90. The van der Waals surface area contributed by atoms with Gasteiger partial charge >= 0.3 is 0 Å². The molecular formula is C16H19N3O2. The van der Waals surface area contributed by atoms with Gasteiger partial charge in [0, 0.05) is 29.4 Å². The summed E-state index contributed by atoms with van der Waals surface area (Å²) in [7, 11) is 0. The first kappa shape index (κ1) is 13.7. The SMILES string of the molecule is Cc1noc(C)c1CNc1ccc(C(=O)NC2CC2)cc1. The number of hydrogen-bond acceptors (Lipinski definition) is 4. The molecule has 110 valence electrons. The van der Waals surface area contributed by atoms with Crippen LogP contribution in [0.2, 0.25) is 0 Å². The first-order valence-corrected chi connectivity index (χ1v) is 7.20. The number of anilines is 1. The van der Waals surface area contributed by atoms with E-state index >= 15 is 0 Å².